The van der Waals surface area contributed by atoms with Gasteiger partial charge in [0, 0.05) is 5.54 Å². The molecule has 1 nitrogen and oxygen atoms in total. The highest BCUT2D eigenvalue weighted by molar-refractivity contribution is 5.30. The van der Waals surface area contributed by atoms with Crippen LogP contribution in [0.4, 0.5) is 4.39 Å². The quantitative estimate of drug-likeness (QED) is 0.777. The number of nitrogens with zero attached hydrogens (tertiary/aromatic N) is 1. The Labute approximate surface area is 114 Å². The van der Waals surface area contributed by atoms with E-state index in [1.807, 2.05) is 12.1 Å². The highest BCUT2D eigenvalue weighted by atomic mass is 19.1. The van der Waals surface area contributed by atoms with Gasteiger partial charge in [-0.3, -0.25) is 4.90 Å². The van der Waals surface area contributed by atoms with Crippen molar-refractivity contribution in [2.24, 2.45) is 11.8 Å². The van der Waals surface area contributed by atoms with Crippen LogP contribution < -0.4 is 0 Å². The third kappa shape index (κ3) is 1.69. The van der Waals surface area contributed by atoms with Gasteiger partial charge in [-0.25, -0.2) is 4.39 Å². The maximum Gasteiger partial charge on any atom is 0.123 e. The second kappa shape index (κ2) is 4.31. The maximum atomic E-state index is 13.2. The molecule has 0 N–H and O–H groups in total. The predicted octanol–water partition coefficient (Wildman–Crippen LogP) is 3.94. The van der Waals surface area contributed by atoms with E-state index in [-0.39, 0.29) is 11.4 Å². The van der Waals surface area contributed by atoms with Crippen LogP contribution in [0, 0.1) is 17.7 Å². The lowest BCUT2D eigenvalue weighted by molar-refractivity contribution is 0.0528. The first-order valence-electron chi connectivity index (χ1n) is 7.80. The van der Waals surface area contributed by atoms with Crippen molar-refractivity contribution in [2.45, 2.75) is 44.1 Å². The third-order valence-corrected chi connectivity index (χ3v) is 5.83. The Kier molecular flexibility index (Phi) is 2.70. The van der Waals surface area contributed by atoms with Gasteiger partial charge in [-0.15, -0.1) is 0 Å². The minimum atomic E-state index is -0.108. The van der Waals surface area contributed by atoms with E-state index in [2.05, 4.69) is 4.90 Å². The second-order valence-electron chi connectivity index (χ2n) is 6.71. The number of halogens is 1. The molecule has 3 aliphatic rings. The number of rotatable bonds is 2. The first-order valence-corrected chi connectivity index (χ1v) is 7.80. The molecular weight excluding hydrogens is 237 g/mol. The maximum absolute atomic E-state index is 13.2. The Morgan fingerprint density at radius 1 is 1.05 bits per heavy atom. The van der Waals surface area contributed by atoms with Crippen molar-refractivity contribution < 1.29 is 4.39 Å². The molecule has 3 unspecified atom stereocenters. The van der Waals surface area contributed by atoms with Crippen molar-refractivity contribution in [1.29, 1.82) is 0 Å². The van der Waals surface area contributed by atoms with Crippen molar-refractivity contribution in [3.8, 4) is 0 Å². The van der Waals surface area contributed by atoms with E-state index in [1.165, 1.54) is 57.2 Å². The molecule has 1 aromatic carbocycles. The van der Waals surface area contributed by atoms with Crippen molar-refractivity contribution in [2.75, 3.05) is 13.1 Å². The lowest BCUT2D eigenvalue weighted by Gasteiger charge is -2.46. The molecule has 2 saturated carbocycles. The second-order valence-corrected chi connectivity index (χ2v) is 6.71. The minimum Gasteiger partial charge on any atom is -0.293 e. The number of hydrogen-bond donors (Lipinski definition) is 0. The fraction of sp³-hybridized carbons (Fsp3) is 0.647. The van der Waals surface area contributed by atoms with Gasteiger partial charge < -0.3 is 0 Å². The summed E-state index contributed by atoms with van der Waals surface area (Å²) in [6.45, 7) is 2.47. The van der Waals surface area contributed by atoms with E-state index >= 15 is 0 Å². The lowest BCUT2D eigenvalue weighted by atomic mass is 9.74. The van der Waals surface area contributed by atoms with E-state index in [0.29, 0.717) is 0 Å². The smallest absolute Gasteiger partial charge is 0.123 e. The van der Waals surface area contributed by atoms with Crippen LogP contribution >= 0.6 is 0 Å². The first kappa shape index (κ1) is 11.9. The zero-order valence-electron chi connectivity index (χ0n) is 11.4. The van der Waals surface area contributed by atoms with Crippen molar-refractivity contribution in [1.82, 2.24) is 4.90 Å². The first-order chi connectivity index (χ1) is 9.29. The van der Waals surface area contributed by atoms with Crippen LogP contribution in [0.1, 0.15) is 44.1 Å². The zero-order valence-corrected chi connectivity index (χ0v) is 11.4. The standard InChI is InChI=1S/C17H22FN/c18-16-7-5-14(6-8-16)17(19-9-1-2-10-19)12-13-3-4-15(17)11-13/h5-8,13,15H,1-4,9-12H2. The van der Waals surface area contributed by atoms with Gasteiger partial charge in [-0.05, 0) is 74.7 Å². The summed E-state index contributed by atoms with van der Waals surface area (Å²) >= 11 is 0. The van der Waals surface area contributed by atoms with Gasteiger partial charge in [0.05, 0.1) is 0 Å². The molecule has 0 aromatic heterocycles. The molecule has 0 amide bonds. The Balaban J connectivity index is 1.77. The van der Waals surface area contributed by atoms with Crippen molar-refractivity contribution in [3.05, 3.63) is 35.6 Å². The average molecular weight is 259 g/mol. The fourth-order valence-electron chi connectivity index (χ4n) is 5.08. The van der Waals surface area contributed by atoms with Crippen LogP contribution in [0.2, 0.25) is 0 Å². The molecule has 0 spiro atoms. The molecule has 3 atom stereocenters. The third-order valence-electron chi connectivity index (χ3n) is 5.83. The van der Waals surface area contributed by atoms with Gasteiger partial charge in [0.25, 0.3) is 0 Å². The molecular formula is C17H22FN. The molecule has 1 saturated heterocycles. The summed E-state index contributed by atoms with van der Waals surface area (Å²) in [5, 5.41) is 0. The van der Waals surface area contributed by atoms with E-state index in [9.17, 15) is 4.39 Å². The molecule has 2 aliphatic carbocycles. The molecule has 102 valence electrons. The van der Waals surface area contributed by atoms with E-state index in [0.717, 1.165) is 11.8 Å². The summed E-state index contributed by atoms with van der Waals surface area (Å²) in [6, 6.07) is 7.40. The molecule has 3 fully saturated rings. The molecule has 2 heteroatoms. The van der Waals surface area contributed by atoms with Crippen LogP contribution in [-0.2, 0) is 5.54 Å². The largest absolute Gasteiger partial charge is 0.293 e. The summed E-state index contributed by atoms with van der Waals surface area (Å²) in [6.07, 6.45) is 8.16. The van der Waals surface area contributed by atoms with Crippen LogP contribution in [0.3, 0.4) is 0 Å². The van der Waals surface area contributed by atoms with Gasteiger partial charge in [0.1, 0.15) is 5.82 Å². The number of hydrogen-bond acceptors (Lipinski definition) is 1. The van der Waals surface area contributed by atoms with Crippen LogP contribution in [0.5, 0.6) is 0 Å². The summed E-state index contributed by atoms with van der Waals surface area (Å²) in [5.41, 5.74) is 1.62. The Morgan fingerprint density at radius 3 is 2.37 bits per heavy atom. The molecule has 0 radical (unpaired) electrons. The van der Waals surface area contributed by atoms with Crippen LogP contribution in [-0.4, -0.2) is 18.0 Å². The minimum absolute atomic E-state index is 0.108. The van der Waals surface area contributed by atoms with Gasteiger partial charge >= 0.3 is 0 Å². The Bertz CT molecular complexity index is 463. The fourth-order valence-corrected chi connectivity index (χ4v) is 5.08. The molecule has 2 bridgehead atoms. The Hall–Kier alpha value is -0.890. The van der Waals surface area contributed by atoms with E-state index < -0.39 is 0 Å². The normalized spacial score (nSPS) is 38.2. The number of fused-ring (bicyclic) bond motifs is 2. The predicted molar refractivity (Wildman–Crippen MR) is 74.3 cm³/mol. The van der Waals surface area contributed by atoms with E-state index in [1.54, 1.807) is 12.1 Å². The van der Waals surface area contributed by atoms with Crippen LogP contribution in [0.15, 0.2) is 24.3 Å². The highest BCUT2D eigenvalue weighted by Crippen LogP contribution is 2.59. The number of likely N-dealkylation sites (tertiary alicyclic amines) is 1. The van der Waals surface area contributed by atoms with Crippen molar-refractivity contribution in [3.63, 3.8) is 0 Å². The summed E-state index contributed by atoms with van der Waals surface area (Å²) in [4.78, 5) is 2.73. The highest BCUT2D eigenvalue weighted by Gasteiger charge is 2.55. The topological polar surface area (TPSA) is 3.24 Å². The summed E-state index contributed by atoms with van der Waals surface area (Å²) in [5.74, 6) is 1.61. The summed E-state index contributed by atoms with van der Waals surface area (Å²) in [7, 11) is 0. The SMILES string of the molecule is Fc1ccc(C2(N3CCCC3)CC3CCC2C3)cc1. The lowest BCUT2D eigenvalue weighted by Crippen LogP contribution is -2.48. The average Bonchev–Trinajstić information content (AvgIpc) is 3.16. The van der Waals surface area contributed by atoms with Crippen molar-refractivity contribution >= 4 is 0 Å². The van der Waals surface area contributed by atoms with Crippen LogP contribution in [0.25, 0.3) is 0 Å². The molecule has 4 rings (SSSR count). The van der Waals surface area contributed by atoms with Gasteiger partial charge in [-0.2, -0.15) is 0 Å². The summed E-state index contributed by atoms with van der Waals surface area (Å²) < 4.78 is 13.2. The molecule has 1 aromatic rings. The zero-order chi connectivity index (χ0) is 12.9. The number of benzene rings is 1. The Morgan fingerprint density at radius 2 is 1.79 bits per heavy atom. The molecule has 1 heterocycles. The van der Waals surface area contributed by atoms with Gasteiger partial charge in [0.2, 0.25) is 0 Å². The van der Waals surface area contributed by atoms with Gasteiger partial charge in [-0.1, -0.05) is 18.6 Å². The molecule has 1 aliphatic heterocycles. The van der Waals surface area contributed by atoms with Gasteiger partial charge in [0.15, 0.2) is 0 Å². The van der Waals surface area contributed by atoms with E-state index in [4.69, 9.17) is 0 Å². The molecule has 19 heavy (non-hydrogen) atoms. The monoisotopic (exact) mass is 259 g/mol.